The van der Waals surface area contributed by atoms with Crippen LogP contribution in [0.2, 0.25) is 0 Å². The molecule has 0 fully saturated rings. The molecular weight excluding hydrogens is 212 g/mol. The zero-order chi connectivity index (χ0) is 12.2. The van der Waals surface area contributed by atoms with E-state index in [1.165, 1.54) is 27.6 Å². The fourth-order valence-corrected chi connectivity index (χ4v) is 2.96. The van der Waals surface area contributed by atoms with E-state index in [0.717, 1.165) is 18.7 Å². The highest BCUT2D eigenvalue weighted by molar-refractivity contribution is 6.03. The van der Waals surface area contributed by atoms with Crippen LogP contribution in [0.5, 0.6) is 0 Å². The van der Waals surface area contributed by atoms with Gasteiger partial charge in [0.25, 0.3) is 5.91 Å². The van der Waals surface area contributed by atoms with Gasteiger partial charge in [-0.2, -0.15) is 0 Å². The summed E-state index contributed by atoms with van der Waals surface area (Å²) in [4.78, 5) is 11.9. The average molecular weight is 228 g/mol. The Kier molecular flexibility index (Phi) is 2.05. The van der Waals surface area contributed by atoms with E-state index in [9.17, 15) is 4.79 Å². The highest BCUT2D eigenvalue weighted by atomic mass is 16.2. The lowest BCUT2D eigenvalue weighted by molar-refractivity contribution is 0.0938. The molecule has 0 spiro atoms. The maximum absolute atomic E-state index is 11.9. The fourth-order valence-electron chi connectivity index (χ4n) is 2.96. The first-order valence-electron chi connectivity index (χ1n) is 5.96. The molecule has 3 heteroatoms. The van der Waals surface area contributed by atoms with Crippen molar-refractivity contribution >= 4 is 16.8 Å². The van der Waals surface area contributed by atoms with Crippen LogP contribution >= 0.6 is 0 Å². The van der Waals surface area contributed by atoms with Gasteiger partial charge in [-0.1, -0.05) is 6.07 Å². The number of nitrogens with zero attached hydrogens (tertiary/aromatic N) is 1. The van der Waals surface area contributed by atoms with Gasteiger partial charge in [-0.3, -0.25) is 4.79 Å². The van der Waals surface area contributed by atoms with Crippen LogP contribution in [0.4, 0.5) is 0 Å². The molecule has 0 aliphatic carbocycles. The number of aromatic nitrogens is 1. The third-order valence-corrected chi connectivity index (χ3v) is 3.62. The lowest BCUT2D eigenvalue weighted by Crippen LogP contribution is -2.32. The minimum Gasteiger partial charge on any atom is -0.350 e. The molecule has 3 nitrogen and oxygen atoms in total. The van der Waals surface area contributed by atoms with E-state index < -0.39 is 0 Å². The van der Waals surface area contributed by atoms with Gasteiger partial charge in [0.15, 0.2) is 0 Å². The Hall–Kier alpha value is -1.77. The molecule has 88 valence electrons. The van der Waals surface area contributed by atoms with E-state index in [2.05, 4.69) is 31.3 Å². The van der Waals surface area contributed by atoms with Crippen molar-refractivity contribution < 1.29 is 4.79 Å². The van der Waals surface area contributed by atoms with E-state index in [1.54, 1.807) is 0 Å². The first-order chi connectivity index (χ1) is 8.09. The largest absolute Gasteiger partial charge is 0.350 e. The minimum absolute atomic E-state index is 0.0574. The van der Waals surface area contributed by atoms with Gasteiger partial charge < -0.3 is 9.88 Å². The Balaban J connectivity index is 2.48. The molecule has 0 saturated heterocycles. The number of nitrogens with one attached hydrogen (secondary N) is 1. The molecule has 0 radical (unpaired) electrons. The summed E-state index contributed by atoms with van der Waals surface area (Å²) < 4.78 is 2.03. The lowest BCUT2D eigenvalue weighted by atomic mass is 9.99. The number of benzene rings is 1. The van der Waals surface area contributed by atoms with Gasteiger partial charge in [0.2, 0.25) is 0 Å². The maximum Gasteiger partial charge on any atom is 0.268 e. The molecule has 0 unspecified atom stereocenters. The highest BCUT2D eigenvalue weighted by Crippen LogP contribution is 2.31. The van der Waals surface area contributed by atoms with Gasteiger partial charge in [-0.15, -0.1) is 0 Å². The molecule has 3 rings (SSSR count). The Labute approximate surface area is 100 Å². The maximum atomic E-state index is 11.9. The van der Waals surface area contributed by atoms with Gasteiger partial charge in [-0.05, 0) is 43.0 Å². The number of carbonyl (C=O) groups excluding carboxylic acids is 1. The van der Waals surface area contributed by atoms with Crippen molar-refractivity contribution in [3.05, 3.63) is 34.5 Å². The summed E-state index contributed by atoms with van der Waals surface area (Å²) in [5.74, 6) is 0.0574. The summed E-state index contributed by atoms with van der Waals surface area (Å²) in [5.41, 5.74) is 5.73. The van der Waals surface area contributed by atoms with Gasteiger partial charge in [0.1, 0.15) is 5.69 Å². The minimum atomic E-state index is 0.0574. The van der Waals surface area contributed by atoms with Crippen molar-refractivity contribution in [3.63, 3.8) is 0 Å². The third-order valence-electron chi connectivity index (χ3n) is 3.62. The van der Waals surface area contributed by atoms with E-state index in [-0.39, 0.29) is 5.91 Å². The Morgan fingerprint density at radius 1 is 1.29 bits per heavy atom. The second-order valence-corrected chi connectivity index (χ2v) is 4.87. The normalized spacial score (nSPS) is 14.9. The van der Waals surface area contributed by atoms with Crippen LogP contribution in [0.3, 0.4) is 0 Å². The molecule has 0 bridgehead atoms. The molecule has 0 saturated carbocycles. The Bertz CT molecular complexity index is 637. The topological polar surface area (TPSA) is 34.0 Å². The quantitative estimate of drug-likeness (QED) is 0.736. The Morgan fingerprint density at radius 3 is 2.82 bits per heavy atom. The summed E-state index contributed by atoms with van der Waals surface area (Å²) in [6, 6.07) is 4.35. The van der Waals surface area contributed by atoms with Gasteiger partial charge in [0, 0.05) is 24.5 Å². The molecule has 2 aromatic rings. The van der Waals surface area contributed by atoms with Crippen molar-refractivity contribution in [2.24, 2.45) is 7.05 Å². The van der Waals surface area contributed by atoms with Gasteiger partial charge in [0.05, 0.1) is 0 Å². The van der Waals surface area contributed by atoms with Crippen molar-refractivity contribution in [3.8, 4) is 0 Å². The fraction of sp³-hybridized carbons (Fsp3) is 0.357. The van der Waals surface area contributed by atoms with E-state index >= 15 is 0 Å². The molecule has 1 aliphatic rings. The van der Waals surface area contributed by atoms with Crippen LogP contribution < -0.4 is 5.32 Å². The van der Waals surface area contributed by atoms with Crippen LogP contribution in [-0.4, -0.2) is 17.0 Å². The predicted molar refractivity (Wildman–Crippen MR) is 68.4 cm³/mol. The third kappa shape index (κ3) is 1.32. The van der Waals surface area contributed by atoms with E-state index in [1.807, 2.05) is 11.6 Å². The number of hydrogen-bond donors (Lipinski definition) is 1. The lowest BCUT2D eigenvalue weighted by Gasteiger charge is -2.14. The second-order valence-electron chi connectivity index (χ2n) is 4.87. The van der Waals surface area contributed by atoms with Crippen LogP contribution in [0.1, 0.15) is 27.2 Å². The molecule has 2 heterocycles. The molecule has 1 amide bonds. The van der Waals surface area contributed by atoms with E-state index in [0.29, 0.717) is 0 Å². The zero-order valence-electron chi connectivity index (χ0n) is 10.4. The van der Waals surface area contributed by atoms with Gasteiger partial charge in [-0.25, -0.2) is 0 Å². The number of amides is 1. The van der Waals surface area contributed by atoms with E-state index in [4.69, 9.17) is 0 Å². The molecule has 1 aromatic carbocycles. The SMILES string of the molecule is Cc1cc(C)c2c3c(n(C)c2c1)C(=O)NCC3. The molecular formula is C14H16N2O. The zero-order valence-corrected chi connectivity index (χ0v) is 10.4. The number of fused-ring (bicyclic) bond motifs is 3. The smallest absolute Gasteiger partial charge is 0.268 e. The summed E-state index contributed by atoms with van der Waals surface area (Å²) in [7, 11) is 1.98. The first-order valence-corrected chi connectivity index (χ1v) is 5.96. The summed E-state index contributed by atoms with van der Waals surface area (Å²) in [5, 5.41) is 4.18. The van der Waals surface area contributed by atoms with Gasteiger partial charge >= 0.3 is 0 Å². The van der Waals surface area contributed by atoms with Crippen LogP contribution in [0.15, 0.2) is 12.1 Å². The summed E-state index contributed by atoms with van der Waals surface area (Å²) in [6.45, 7) is 4.97. The number of carbonyl (C=O) groups is 1. The number of rotatable bonds is 0. The van der Waals surface area contributed by atoms with Crippen LogP contribution in [0.25, 0.3) is 10.9 Å². The average Bonchev–Trinajstić information content (AvgIpc) is 2.54. The molecule has 17 heavy (non-hydrogen) atoms. The predicted octanol–water partition coefficient (Wildman–Crippen LogP) is 2.08. The van der Waals surface area contributed by atoms with Crippen molar-refractivity contribution in [1.82, 2.24) is 9.88 Å². The monoisotopic (exact) mass is 228 g/mol. The van der Waals surface area contributed by atoms with Crippen molar-refractivity contribution in [1.29, 1.82) is 0 Å². The molecule has 0 atom stereocenters. The standard InChI is InChI=1S/C14H16N2O/c1-8-6-9(2)12-10-4-5-15-14(17)13(10)16(3)11(12)7-8/h6-7H,4-5H2,1-3H3,(H,15,17). The number of hydrogen-bond acceptors (Lipinski definition) is 1. The molecule has 1 aliphatic heterocycles. The van der Waals surface area contributed by atoms with Crippen LogP contribution in [0, 0.1) is 13.8 Å². The molecule has 1 N–H and O–H groups in total. The number of aryl methyl sites for hydroxylation is 3. The second kappa shape index (κ2) is 3.36. The van der Waals surface area contributed by atoms with Crippen molar-refractivity contribution in [2.45, 2.75) is 20.3 Å². The molecule has 1 aromatic heterocycles. The summed E-state index contributed by atoms with van der Waals surface area (Å²) in [6.07, 6.45) is 0.933. The summed E-state index contributed by atoms with van der Waals surface area (Å²) >= 11 is 0. The first kappa shape index (κ1) is 10.4. The highest BCUT2D eigenvalue weighted by Gasteiger charge is 2.25. The Morgan fingerprint density at radius 2 is 2.06 bits per heavy atom. The van der Waals surface area contributed by atoms with Crippen LogP contribution in [-0.2, 0) is 13.5 Å². The van der Waals surface area contributed by atoms with Crippen molar-refractivity contribution in [2.75, 3.05) is 6.54 Å².